The van der Waals surface area contributed by atoms with Gasteiger partial charge in [0.15, 0.2) is 0 Å². The zero-order valence-electron chi connectivity index (χ0n) is 8.55. The fourth-order valence-electron chi connectivity index (χ4n) is 1.71. The molecule has 2 N–H and O–H groups in total. The average Bonchev–Trinajstić information content (AvgIpc) is 2.63. The van der Waals surface area contributed by atoms with Gasteiger partial charge in [-0.3, -0.25) is 0 Å². The lowest BCUT2D eigenvalue weighted by atomic mass is 10.1. The van der Waals surface area contributed by atoms with Gasteiger partial charge >= 0.3 is 0 Å². The molecule has 2 rings (SSSR count). The number of rotatable bonds is 3. The van der Waals surface area contributed by atoms with Gasteiger partial charge in [-0.05, 0) is 19.8 Å². The number of hydrogen-bond donors (Lipinski definition) is 2. The van der Waals surface area contributed by atoms with Crippen LogP contribution in [0.25, 0.3) is 0 Å². The molecule has 1 aliphatic rings. The monoisotopic (exact) mass is 195 g/mol. The van der Waals surface area contributed by atoms with E-state index in [0.29, 0.717) is 6.04 Å². The van der Waals surface area contributed by atoms with Crippen molar-refractivity contribution in [1.82, 2.24) is 15.3 Å². The van der Waals surface area contributed by atoms with Gasteiger partial charge in [0.05, 0.1) is 12.0 Å². The molecule has 0 spiro atoms. The van der Waals surface area contributed by atoms with E-state index in [4.69, 9.17) is 4.74 Å². The molecule has 1 aromatic rings. The van der Waals surface area contributed by atoms with Crippen LogP contribution in [0.4, 0.5) is 0 Å². The first-order valence-corrected chi connectivity index (χ1v) is 5.16. The predicted molar refractivity (Wildman–Crippen MR) is 54.0 cm³/mol. The molecule has 1 aliphatic heterocycles. The molecule has 0 saturated carbocycles. The van der Waals surface area contributed by atoms with Crippen LogP contribution in [0.5, 0.6) is 0 Å². The Balaban J connectivity index is 1.79. The van der Waals surface area contributed by atoms with Gasteiger partial charge in [-0.2, -0.15) is 0 Å². The normalized spacial score (nSPS) is 18.6. The van der Waals surface area contributed by atoms with Crippen molar-refractivity contribution in [2.45, 2.75) is 32.4 Å². The van der Waals surface area contributed by atoms with E-state index >= 15 is 0 Å². The molecule has 0 bridgehead atoms. The van der Waals surface area contributed by atoms with Crippen molar-refractivity contribution in [2.75, 3.05) is 13.2 Å². The molecule has 0 radical (unpaired) electrons. The molecule has 1 fully saturated rings. The molecule has 0 atom stereocenters. The molecule has 1 aromatic heterocycles. The maximum absolute atomic E-state index is 5.30. The summed E-state index contributed by atoms with van der Waals surface area (Å²) in [5, 5.41) is 3.50. The van der Waals surface area contributed by atoms with Crippen LogP contribution in [0.3, 0.4) is 0 Å². The van der Waals surface area contributed by atoms with E-state index in [0.717, 1.165) is 44.0 Å². The van der Waals surface area contributed by atoms with Crippen LogP contribution in [0.15, 0.2) is 6.33 Å². The zero-order chi connectivity index (χ0) is 9.80. The van der Waals surface area contributed by atoms with Gasteiger partial charge in [-0.25, -0.2) is 4.98 Å². The average molecular weight is 195 g/mol. The van der Waals surface area contributed by atoms with E-state index < -0.39 is 0 Å². The Morgan fingerprint density at radius 3 is 3.00 bits per heavy atom. The lowest BCUT2D eigenvalue weighted by molar-refractivity contribution is 0.0775. The SMILES string of the molecule is Cc1[nH]cnc1CNC1CCOCC1. The number of nitrogens with one attached hydrogen (secondary N) is 2. The van der Waals surface area contributed by atoms with Crippen molar-refractivity contribution in [3.8, 4) is 0 Å². The Bertz CT molecular complexity index is 279. The van der Waals surface area contributed by atoms with Crippen molar-refractivity contribution in [2.24, 2.45) is 0 Å². The minimum Gasteiger partial charge on any atom is -0.381 e. The van der Waals surface area contributed by atoms with Crippen LogP contribution in [0.1, 0.15) is 24.2 Å². The first kappa shape index (κ1) is 9.68. The third kappa shape index (κ3) is 2.33. The first-order valence-electron chi connectivity index (χ1n) is 5.16. The molecule has 0 aliphatic carbocycles. The molecule has 0 aromatic carbocycles. The van der Waals surface area contributed by atoms with E-state index in [2.05, 4.69) is 15.3 Å². The summed E-state index contributed by atoms with van der Waals surface area (Å²) in [6.45, 7) is 4.68. The molecule has 1 saturated heterocycles. The zero-order valence-corrected chi connectivity index (χ0v) is 8.55. The van der Waals surface area contributed by atoms with Crippen molar-refractivity contribution < 1.29 is 4.74 Å². The van der Waals surface area contributed by atoms with Gasteiger partial charge in [-0.15, -0.1) is 0 Å². The van der Waals surface area contributed by atoms with Gasteiger partial charge in [0.2, 0.25) is 0 Å². The quantitative estimate of drug-likeness (QED) is 0.756. The maximum atomic E-state index is 5.30. The smallest absolute Gasteiger partial charge is 0.0925 e. The summed E-state index contributed by atoms with van der Waals surface area (Å²) in [6.07, 6.45) is 3.98. The summed E-state index contributed by atoms with van der Waals surface area (Å²) < 4.78 is 5.30. The van der Waals surface area contributed by atoms with Gasteiger partial charge in [0, 0.05) is 31.5 Å². The maximum Gasteiger partial charge on any atom is 0.0925 e. The number of ether oxygens (including phenoxy) is 1. The van der Waals surface area contributed by atoms with E-state index in [9.17, 15) is 0 Å². The number of H-pyrrole nitrogens is 1. The summed E-state index contributed by atoms with van der Waals surface area (Å²) in [5.41, 5.74) is 2.28. The van der Waals surface area contributed by atoms with E-state index in [-0.39, 0.29) is 0 Å². The molecular weight excluding hydrogens is 178 g/mol. The number of aromatic nitrogens is 2. The molecule has 0 unspecified atom stereocenters. The van der Waals surface area contributed by atoms with Crippen LogP contribution in [0, 0.1) is 6.92 Å². The van der Waals surface area contributed by atoms with Crippen molar-refractivity contribution in [3.05, 3.63) is 17.7 Å². The third-order valence-corrected chi connectivity index (χ3v) is 2.71. The summed E-state index contributed by atoms with van der Waals surface area (Å²) in [7, 11) is 0. The topological polar surface area (TPSA) is 49.9 Å². The third-order valence-electron chi connectivity index (χ3n) is 2.71. The van der Waals surface area contributed by atoms with Gasteiger partial charge < -0.3 is 15.0 Å². The van der Waals surface area contributed by atoms with Crippen molar-refractivity contribution in [1.29, 1.82) is 0 Å². The van der Waals surface area contributed by atoms with Gasteiger partial charge in [0.1, 0.15) is 0 Å². The Labute approximate surface area is 84.1 Å². The molecule has 4 nitrogen and oxygen atoms in total. The first-order chi connectivity index (χ1) is 6.86. The molecular formula is C10H17N3O. The number of hydrogen-bond acceptors (Lipinski definition) is 3. The Hall–Kier alpha value is -0.870. The summed E-state index contributed by atoms with van der Waals surface area (Å²) >= 11 is 0. The largest absolute Gasteiger partial charge is 0.381 e. The minimum absolute atomic E-state index is 0.597. The number of imidazole rings is 1. The standard InChI is InChI=1S/C10H17N3O/c1-8-10(13-7-12-8)6-11-9-2-4-14-5-3-9/h7,9,11H,2-6H2,1H3,(H,12,13). The Morgan fingerprint density at radius 1 is 1.57 bits per heavy atom. The fourth-order valence-corrected chi connectivity index (χ4v) is 1.71. The van der Waals surface area contributed by atoms with Crippen LogP contribution in [-0.4, -0.2) is 29.2 Å². The predicted octanol–water partition coefficient (Wildman–Crippen LogP) is 0.987. The Kier molecular flexibility index (Phi) is 3.16. The summed E-state index contributed by atoms with van der Waals surface area (Å²) in [4.78, 5) is 7.33. The highest BCUT2D eigenvalue weighted by Crippen LogP contribution is 2.08. The van der Waals surface area contributed by atoms with E-state index in [1.54, 1.807) is 6.33 Å². The fraction of sp³-hybridized carbons (Fsp3) is 0.700. The Morgan fingerprint density at radius 2 is 2.36 bits per heavy atom. The van der Waals surface area contributed by atoms with E-state index in [1.165, 1.54) is 0 Å². The lowest BCUT2D eigenvalue weighted by Gasteiger charge is -2.22. The van der Waals surface area contributed by atoms with E-state index in [1.807, 2.05) is 6.92 Å². The van der Waals surface area contributed by atoms with Crippen LogP contribution < -0.4 is 5.32 Å². The molecule has 78 valence electrons. The second-order valence-electron chi connectivity index (χ2n) is 3.74. The van der Waals surface area contributed by atoms with Crippen LogP contribution >= 0.6 is 0 Å². The molecule has 0 amide bonds. The summed E-state index contributed by atoms with van der Waals surface area (Å²) in [5.74, 6) is 0. The van der Waals surface area contributed by atoms with Crippen LogP contribution in [-0.2, 0) is 11.3 Å². The number of aryl methyl sites for hydroxylation is 1. The summed E-state index contributed by atoms with van der Waals surface area (Å²) in [6, 6.07) is 0.597. The lowest BCUT2D eigenvalue weighted by Crippen LogP contribution is -2.34. The van der Waals surface area contributed by atoms with Gasteiger partial charge in [-0.1, -0.05) is 0 Å². The molecule has 2 heterocycles. The second-order valence-corrected chi connectivity index (χ2v) is 3.74. The van der Waals surface area contributed by atoms with Crippen LogP contribution in [0.2, 0.25) is 0 Å². The highest BCUT2D eigenvalue weighted by molar-refractivity contribution is 5.08. The van der Waals surface area contributed by atoms with Crippen molar-refractivity contribution >= 4 is 0 Å². The number of nitrogens with zero attached hydrogens (tertiary/aromatic N) is 1. The van der Waals surface area contributed by atoms with Crippen molar-refractivity contribution in [3.63, 3.8) is 0 Å². The highest BCUT2D eigenvalue weighted by atomic mass is 16.5. The molecule has 14 heavy (non-hydrogen) atoms. The van der Waals surface area contributed by atoms with Gasteiger partial charge in [0.25, 0.3) is 0 Å². The second kappa shape index (κ2) is 4.57. The highest BCUT2D eigenvalue weighted by Gasteiger charge is 2.13. The molecule has 4 heteroatoms. The number of aromatic amines is 1. The minimum atomic E-state index is 0.597.